The highest BCUT2D eigenvalue weighted by Gasteiger charge is 2.43. The van der Waals surface area contributed by atoms with Crippen molar-refractivity contribution in [1.29, 1.82) is 0 Å². The Balaban J connectivity index is 1.93. The minimum absolute atomic E-state index is 0.0945. The lowest BCUT2D eigenvalue weighted by Gasteiger charge is -2.47. The zero-order chi connectivity index (χ0) is 13.2. The smallest absolute Gasteiger partial charge is 0.315 e. The van der Waals surface area contributed by atoms with Crippen LogP contribution in [0.4, 0.5) is 4.79 Å². The molecule has 1 saturated heterocycles. The first-order chi connectivity index (χ1) is 9.27. The zero-order valence-electron chi connectivity index (χ0n) is 10.3. The third-order valence-electron chi connectivity index (χ3n) is 3.53. The number of carbonyl (C=O) groups is 1. The topological polar surface area (TPSA) is 72.1 Å². The molecule has 0 saturated carbocycles. The van der Waals surface area contributed by atoms with Crippen LogP contribution in [0.2, 0.25) is 0 Å². The quantitative estimate of drug-likeness (QED) is 0.886. The summed E-state index contributed by atoms with van der Waals surface area (Å²) in [6.07, 6.45) is 3.18. The Morgan fingerprint density at radius 2 is 2.05 bits per heavy atom. The summed E-state index contributed by atoms with van der Waals surface area (Å²) >= 11 is 0. The predicted octanol–water partition coefficient (Wildman–Crippen LogP) is 1.70. The van der Waals surface area contributed by atoms with E-state index in [-0.39, 0.29) is 12.0 Å². The summed E-state index contributed by atoms with van der Waals surface area (Å²) < 4.78 is 0. The number of urea groups is 1. The summed E-state index contributed by atoms with van der Waals surface area (Å²) in [7, 11) is 0. The van der Waals surface area contributed by atoms with E-state index in [9.17, 15) is 4.79 Å². The molecule has 1 aliphatic rings. The Bertz CT molecular complexity index is 573. The van der Waals surface area contributed by atoms with Crippen LogP contribution in [-0.4, -0.2) is 27.4 Å². The van der Waals surface area contributed by atoms with E-state index < -0.39 is 6.03 Å². The van der Waals surface area contributed by atoms with Gasteiger partial charge in [0.05, 0.1) is 11.7 Å². The number of amides is 2. The maximum atomic E-state index is 11.4. The fraction of sp³-hybridized carbons (Fsp3) is 0.214. The summed E-state index contributed by atoms with van der Waals surface area (Å²) in [6.45, 7) is 0.633. The Hall–Kier alpha value is -2.43. The Morgan fingerprint density at radius 1 is 1.26 bits per heavy atom. The van der Waals surface area contributed by atoms with Gasteiger partial charge in [0.25, 0.3) is 0 Å². The molecule has 1 aromatic carbocycles. The molecule has 3 rings (SSSR count). The molecular formula is C14H14N4O. The first-order valence-corrected chi connectivity index (χ1v) is 6.14. The Morgan fingerprint density at radius 3 is 2.68 bits per heavy atom. The highest BCUT2D eigenvalue weighted by atomic mass is 16.2. The van der Waals surface area contributed by atoms with E-state index in [4.69, 9.17) is 5.73 Å². The van der Waals surface area contributed by atoms with Crippen molar-refractivity contribution in [3.05, 3.63) is 60.2 Å². The van der Waals surface area contributed by atoms with E-state index in [1.54, 1.807) is 11.1 Å². The van der Waals surface area contributed by atoms with Gasteiger partial charge in [0.15, 0.2) is 0 Å². The van der Waals surface area contributed by atoms with E-state index >= 15 is 0 Å². The van der Waals surface area contributed by atoms with Crippen LogP contribution in [-0.2, 0) is 0 Å². The zero-order valence-corrected chi connectivity index (χ0v) is 10.3. The maximum Gasteiger partial charge on any atom is 0.315 e. The first kappa shape index (κ1) is 11.6. The fourth-order valence-corrected chi connectivity index (χ4v) is 2.56. The average molecular weight is 254 g/mol. The molecular weight excluding hydrogens is 240 g/mol. The van der Waals surface area contributed by atoms with Crippen LogP contribution >= 0.6 is 0 Å². The van der Waals surface area contributed by atoms with E-state index in [0.717, 1.165) is 5.69 Å². The lowest BCUT2D eigenvalue weighted by atomic mass is 9.81. The monoisotopic (exact) mass is 254 g/mol. The number of aromatic nitrogens is 2. The van der Waals surface area contributed by atoms with Gasteiger partial charge in [-0.3, -0.25) is 0 Å². The van der Waals surface area contributed by atoms with Crippen LogP contribution in [0.15, 0.2) is 48.9 Å². The van der Waals surface area contributed by atoms with Crippen LogP contribution in [0.3, 0.4) is 0 Å². The summed E-state index contributed by atoms with van der Waals surface area (Å²) in [5, 5.41) is 0. The van der Waals surface area contributed by atoms with Gasteiger partial charge in [-0.2, -0.15) is 0 Å². The van der Waals surface area contributed by atoms with Gasteiger partial charge in [-0.25, -0.2) is 14.8 Å². The standard InChI is InChI=1S/C14H14N4O/c15-14(19)18-8-11(10-4-2-1-3-5-10)13(18)12-6-7-16-9-17-12/h1-7,9,11,13H,8H2,(H2,15,19). The first-order valence-electron chi connectivity index (χ1n) is 6.14. The normalized spacial score (nSPS) is 21.8. The molecule has 5 heteroatoms. The molecule has 2 amide bonds. The summed E-state index contributed by atoms with van der Waals surface area (Å²) in [5.41, 5.74) is 7.43. The minimum Gasteiger partial charge on any atom is -0.351 e. The summed E-state index contributed by atoms with van der Waals surface area (Å²) in [6, 6.07) is 11.4. The lowest BCUT2D eigenvalue weighted by Crippen LogP contribution is -2.53. The number of carbonyl (C=O) groups excluding carboxylic acids is 1. The minimum atomic E-state index is -0.407. The number of benzene rings is 1. The molecule has 96 valence electrons. The van der Waals surface area contributed by atoms with Crippen molar-refractivity contribution in [1.82, 2.24) is 14.9 Å². The van der Waals surface area contributed by atoms with E-state index in [1.165, 1.54) is 11.9 Å². The molecule has 0 spiro atoms. The van der Waals surface area contributed by atoms with Gasteiger partial charge in [0.2, 0.25) is 0 Å². The van der Waals surface area contributed by atoms with Crippen molar-refractivity contribution >= 4 is 6.03 Å². The van der Waals surface area contributed by atoms with Gasteiger partial charge >= 0.3 is 6.03 Å². The number of rotatable bonds is 2. The molecule has 19 heavy (non-hydrogen) atoms. The number of likely N-dealkylation sites (tertiary alicyclic amines) is 1. The third kappa shape index (κ3) is 2.03. The molecule has 0 bridgehead atoms. The molecule has 2 aromatic rings. The van der Waals surface area contributed by atoms with Gasteiger partial charge in [0.1, 0.15) is 6.33 Å². The van der Waals surface area contributed by atoms with Crippen LogP contribution < -0.4 is 5.73 Å². The van der Waals surface area contributed by atoms with Gasteiger partial charge in [-0.1, -0.05) is 30.3 Å². The largest absolute Gasteiger partial charge is 0.351 e. The van der Waals surface area contributed by atoms with Crippen LogP contribution in [0.5, 0.6) is 0 Å². The third-order valence-corrected chi connectivity index (χ3v) is 3.53. The summed E-state index contributed by atoms with van der Waals surface area (Å²) in [5.74, 6) is 0.239. The maximum absolute atomic E-state index is 11.4. The van der Waals surface area contributed by atoms with Crippen molar-refractivity contribution in [3.63, 3.8) is 0 Å². The number of hydrogen-bond acceptors (Lipinski definition) is 3. The van der Waals surface area contributed by atoms with E-state index in [2.05, 4.69) is 22.1 Å². The molecule has 2 N–H and O–H groups in total. The molecule has 2 atom stereocenters. The molecule has 1 fully saturated rings. The van der Waals surface area contributed by atoms with Gasteiger partial charge < -0.3 is 10.6 Å². The number of nitrogens with zero attached hydrogens (tertiary/aromatic N) is 3. The molecule has 2 unspecified atom stereocenters. The van der Waals surface area contributed by atoms with Gasteiger partial charge in [-0.15, -0.1) is 0 Å². The highest BCUT2D eigenvalue weighted by molar-refractivity contribution is 5.74. The molecule has 0 radical (unpaired) electrons. The highest BCUT2D eigenvalue weighted by Crippen LogP contribution is 2.44. The second-order valence-corrected chi connectivity index (χ2v) is 4.59. The van der Waals surface area contributed by atoms with Crippen molar-refractivity contribution in [2.45, 2.75) is 12.0 Å². The second-order valence-electron chi connectivity index (χ2n) is 4.59. The molecule has 1 aliphatic heterocycles. The average Bonchev–Trinajstić information content (AvgIpc) is 2.39. The molecule has 1 aromatic heterocycles. The lowest BCUT2D eigenvalue weighted by molar-refractivity contribution is 0.0930. The fourth-order valence-electron chi connectivity index (χ4n) is 2.56. The van der Waals surface area contributed by atoms with Crippen molar-refractivity contribution in [3.8, 4) is 0 Å². The van der Waals surface area contributed by atoms with Crippen LogP contribution in [0.25, 0.3) is 0 Å². The van der Waals surface area contributed by atoms with Crippen molar-refractivity contribution in [2.75, 3.05) is 6.54 Å². The van der Waals surface area contributed by atoms with Gasteiger partial charge in [-0.05, 0) is 11.6 Å². The number of nitrogens with two attached hydrogens (primary N) is 1. The Kier molecular flexibility index (Phi) is 2.87. The Labute approximate surface area is 111 Å². The number of primary amides is 1. The summed E-state index contributed by atoms with van der Waals surface area (Å²) in [4.78, 5) is 21.2. The predicted molar refractivity (Wildman–Crippen MR) is 70.2 cm³/mol. The van der Waals surface area contributed by atoms with E-state index in [1.807, 2.05) is 24.3 Å². The second kappa shape index (κ2) is 4.68. The SMILES string of the molecule is NC(=O)N1CC(c2ccccc2)C1c1ccncn1. The van der Waals surface area contributed by atoms with Crippen molar-refractivity contribution < 1.29 is 4.79 Å². The van der Waals surface area contributed by atoms with Crippen LogP contribution in [0, 0.1) is 0 Å². The molecule has 2 heterocycles. The van der Waals surface area contributed by atoms with Crippen LogP contribution in [0.1, 0.15) is 23.2 Å². The van der Waals surface area contributed by atoms with E-state index in [0.29, 0.717) is 6.54 Å². The molecule has 0 aliphatic carbocycles. The number of hydrogen-bond donors (Lipinski definition) is 1. The van der Waals surface area contributed by atoms with Crippen molar-refractivity contribution in [2.24, 2.45) is 5.73 Å². The van der Waals surface area contributed by atoms with Gasteiger partial charge in [0, 0.05) is 18.7 Å². The molecule has 5 nitrogen and oxygen atoms in total.